The number of aryl methyl sites for hydroxylation is 1. The van der Waals surface area contributed by atoms with Crippen LogP contribution >= 0.6 is 11.8 Å². The third kappa shape index (κ3) is 4.82. The van der Waals surface area contributed by atoms with Crippen LogP contribution in [0.15, 0.2) is 31.4 Å². The molecule has 1 aliphatic rings. The number of allylic oxidation sites excluding steroid dienone is 1. The lowest BCUT2D eigenvalue weighted by Crippen LogP contribution is -2.21. The first-order chi connectivity index (χ1) is 14.6. The molecule has 0 saturated carbocycles. The summed E-state index contributed by atoms with van der Waals surface area (Å²) in [6, 6.07) is 0. The predicted molar refractivity (Wildman–Crippen MR) is 119 cm³/mol. The van der Waals surface area contributed by atoms with E-state index in [1.165, 1.54) is 6.33 Å². The average Bonchev–Trinajstić information content (AvgIpc) is 3.43. The average molecular weight is 429 g/mol. The van der Waals surface area contributed by atoms with Gasteiger partial charge in [0.25, 0.3) is 0 Å². The van der Waals surface area contributed by atoms with Gasteiger partial charge in [-0.1, -0.05) is 11.3 Å². The molecule has 2 atom stereocenters. The molecule has 4 N–H and O–H groups in total. The van der Waals surface area contributed by atoms with Gasteiger partial charge in [-0.2, -0.15) is 11.8 Å². The number of rotatable bonds is 10. The van der Waals surface area contributed by atoms with Gasteiger partial charge in [0.1, 0.15) is 11.8 Å². The third-order valence-corrected chi connectivity index (χ3v) is 6.64. The fourth-order valence-electron chi connectivity index (χ4n) is 3.87. The Morgan fingerprint density at radius 1 is 1.37 bits per heavy atom. The van der Waals surface area contributed by atoms with E-state index in [1.54, 1.807) is 4.68 Å². The monoisotopic (exact) mass is 428 g/mol. The van der Waals surface area contributed by atoms with Crippen LogP contribution in [0.4, 0.5) is 5.82 Å². The number of aliphatic hydroxyl groups excluding tert-OH is 1. The summed E-state index contributed by atoms with van der Waals surface area (Å²) in [6.45, 7) is 6.72. The van der Waals surface area contributed by atoms with E-state index in [0.717, 1.165) is 59.7 Å². The maximum Gasteiger partial charge on any atom is 0.151 e. The first-order valence-electron chi connectivity index (χ1n) is 10.2. The van der Waals surface area contributed by atoms with Crippen molar-refractivity contribution in [3.05, 3.63) is 42.6 Å². The van der Waals surface area contributed by atoms with Gasteiger partial charge in [-0.3, -0.25) is 4.90 Å². The molecule has 4 heterocycles. The normalized spacial score (nSPS) is 19.6. The van der Waals surface area contributed by atoms with Gasteiger partial charge in [0.15, 0.2) is 5.82 Å². The van der Waals surface area contributed by atoms with Crippen LogP contribution in [0.1, 0.15) is 17.7 Å². The molecule has 160 valence electrons. The van der Waals surface area contributed by atoms with Crippen LogP contribution in [-0.2, 0) is 19.5 Å². The van der Waals surface area contributed by atoms with Crippen LogP contribution in [0.3, 0.4) is 0 Å². The molecule has 10 heteroatoms. The predicted octanol–water partition coefficient (Wildman–Crippen LogP) is 1.48. The second kappa shape index (κ2) is 9.59. The number of anilines is 1. The number of thioether (sulfide) groups is 1. The van der Waals surface area contributed by atoms with Crippen molar-refractivity contribution in [1.29, 1.82) is 0 Å². The number of aromatic amines is 1. The molecule has 0 radical (unpaired) electrons. The van der Waals surface area contributed by atoms with Crippen LogP contribution in [0.25, 0.3) is 11.0 Å². The molecule has 0 bridgehead atoms. The Labute approximate surface area is 179 Å². The van der Waals surface area contributed by atoms with E-state index in [1.807, 2.05) is 30.2 Å². The topological polar surface area (TPSA) is 122 Å². The molecule has 0 aliphatic carbocycles. The highest BCUT2D eigenvalue weighted by atomic mass is 32.2. The first kappa shape index (κ1) is 20.8. The van der Waals surface area contributed by atoms with Crippen molar-refractivity contribution >= 4 is 28.6 Å². The molecule has 0 aromatic carbocycles. The van der Waals surface area contributed by atoms with Crippen molar-refractivity contribution in [2.24, 2.45) is 5.92 Å². The van der Waals surface area contributed by atoms with E-state index in [2.05, 4.69) is 36.7 Å². The van der Waals surface area contributed by atoms with E-state index in [4.69, 9.17) is 5.73 Å². The zero-order valence-electron chi connectivity index (χ0n) is 16.9. The zero-order valence-corrected chi connectivity index (χ0v) is 17.8. The fraction of sp³-hybridized carbons (Fsp3) is 0.500. The van der Waals surface area contributed by atoms with Crippen molar-refractivity contribution < 1.29 is 5.11 Å². The van der Waals surface area contributed by atoms with Crippen molar-refractivity contribution in [3.63, 3.8) is 0 Å². The highest BCUT2D eigenvalue weighted by Crippen LogP contribution is 2.26. The number of hydrogen-bond acceptors (Lipinski definition) is 8. The molecule has 1 fully saturated rings. The Kier molecular flexibility index (Phi) is 6.66. The summed E-state index contributed by atoms with van der Waals surface area (Å²) < 4.78 is 1.80. The number of nitrogen functional groups attached to an aromatic ring is 1. The van der Waals surface area contributed by atoms with Gasteiger partial charge in [0, 0.05) is 43.5 Å². The van der Waals surface area contributed by atoms with E-state index < -0.39 is 0 Å². The number of hydrogen-bond donors (Lipinski definition) is 3. The summed E-state index contributed by atoms with van der Waals surface area (Å²) in [4.78, 5) is 13.8. The summed E-state index contributed by atoms with van der Waals surface area (Å²) in [7, 11) is 0. The molecule has 4 rings (SSSR count). The summed E-state index contributed by atoms with van der Waals surface area (Å²) in [5.74, 6) is 2.76. The number of aromatic nitrogens is 6. The van der Waals surface area contributed by atoms with E-state index in [0.29, 0.717) is 18.9 Å². The first-order valence-corrected chi connectivity index (χ1v) is 11.3. The van der Waals surface area contributed by atoms with Crippen LogP contribution in [0.2, 0.25) is 0 Å². The summed E-state index contributed by atoms with van der Waals surface area (Å²) in [5, 5.41) is 18.8. The number of nitrogens with two attached hydrogens (primary N) is 1. The van der Waals surface area contributed by atoms with Gasteiger partial charge in [0.05, 0.1) is 23.9 Å². The van der Waals surface area contributed by atoms with Gasteiger partial charge < -0.3 is 15.8 Å². The second-order valence-corrected chi connectivity index (χ2v) is 8.87. The number of aliphatic hydroxyl groups is 1. The van der Waals surface area contributed by atoms with Crippen LogP contribution in [0.5, 0.6) is 0 Å². The van der Waals surface area contributed by atoms with Crippen molar-refractivity contribution in [1.82, 2.24) is 34.8 Å². The molecule has 3 aromatic heterocycles. The van der Waals surface area contributed by atoms with Crippen molar-refractivity contribution in [2.75, 3.05) is 30.3 Å². The van der Waals surface area contributed by atoms with E-state index >= 15 is 0 Å². The van der Waals surface area contributed by atoms with Crippen molar-refractivity contribution in [3.8, 4) is 0 Å². The van der Waals surface area contributed by atoms with Gasteiger partial charge in [-0.05, 0) is 24.3 Å². The largest absolute Gasteiger partial charge is 0.391 e. The van der Waals surface area contributed by atoms with E-state index in [9.17, 15) is 5.11 Å². The van der Waals surface area contributed by atoms with Gasteiger partial charge in [0.2, 0.25) is 0 Å². The summed E-state index contributed by atoms with van der Waals surface area (Å²) in [5.41, 5.74) is 9.65. The molecular formula is C20H28N8OS. The standard InChI is InChI=1S/C20H28N8OS/c1-2-5-28-10-16(25-26-28)4-3-6-30-12-15-9-27(11-17(15)29)8-14-7-22-19-18(14)23-13-24-20(19)21/h2,7,10,13,15,17,22,29H,1,3-6,8-9,11-12H2,(H2,21,23,24)/t15-,17+/m1/s1. The Hall–Kier alpha value is -2.43. The number of likely N-dealkylation sites (tertiary alicyclic amines) is 1. The number of H-pyrrole nitrogens is 1. The molecule has 0 unspecified atom stereocenters. The van der Waals surface area contributed by atoms with Gasteiger partial charge >= 0.3 is 0 Å². The number of nitrogens with one attached hydrogen (secondary N) is 1. The second-order valence-electron chi connectivity index (χ2n) is 7.72. The molecule has 1 aliphatic heterocycles. The van der Waals surface area contributed by atoms with Gasteiger partial charge in [-0.15, -0.1) is 11.7 Å². The Bertz CT molecular complexity index is 986. The minimum absolute atomic E-state index is 0.286. The minimum atomic E-state index is -0.291. The number of β-amino-alcohol motifs (C(OH)–C–C–N with tert-alkyl or cyclic N) is 1. The lowest BCUT2D eigenvalue weighted by atomic mass is 10.1. The molecule has 0 amide bonds. The molecule has 9 nitrogen and oxygen atoms in total. The Morgan fingerprint density at radius 3 is 3.13 bits per heavy atom. The third-order valence-electron chi connectivity index (χ3n) is 5.40. The van der Waals surface area contributed by atoms with Crippen molar-refractivity contribution in [2.45, 2.75) is 32.0 Å². The van der Waals surface area contributed by atoms with E-state index in [-0.39, 0.29) is 12.0 Å². The maximum absolute atomic E-state index is 10.5. The minimum Gasteiger partial charge on any atom is -0.391 e. The zero-order chi connectivity index (χ0) is 20.9. The molecule has 1 saturated heterocycles. The smallest absolute Gasteiger partial charge is 0.151 e. The van der Waals surface area contributed by atoms with Crippen LogP contribution in [0, 0.1) is 5.92 Å². The lowest BCUT2D eigenvalue weighted by molar-refractivity contribution is 0.149. The maximum atomic E-state index is 10.5. The number of fused-ring (bicyclic) bond motifs is 1. The molecule has 3 aromatic rings. The fourth-order valence-corrected chi connectivity index (χ4v) is 5.02. The van der Waals surface area contributed by atoms with Crippen LogP contribution in [-0.4, -0.2) is 70.7 Å². The highest BCUT2D eigenvalue weighted by Gasteiger charge is 2.31. The highest BCUT2D eigenvalue weighted by molar-refractivity contribution is 7.99. The van der Waals surface area contributed by atoms with Crippen LogP contribution < -0.4 is 5.73 Å². The van der Waals surface area contributed by atoms with Gasteiger partial charge in [-0.25, -0.2) is 14.6 Å². The molecule has 0 spiro atoms. The quantitative estimate of drug-likeness (QED) is 0.328. The SMILES string of the molecule is C=CCn1cc(CCCSC[C@H]2CN(Cc3c[nH]c4c(N)ncnc34)C[C@@H]2O)nn1. The Balaban J connectivity index is 1.20. The molecule has 30 heavy (non-hydrogen) atoms. The molecular weight excluding hydrogens is 400 g/mol. The lowest BCUT2D eigenvalue weighted by Gasteiger charge is -2.14. The summed E-state index contributed by atoms with van der Waals surface area (Å²) >= 11 is 1.90. The summed E-state index contributed by atoms with van der Waals surface area (Å²) in [6.07, 6.45) is 8.92. The number of nitrogens with zero attached hydrogens (tertiary/aromatic N) is 6. The Morgan fingerprint density at radius 2 is 2.27 bits per heavy atom.